The number of ether oxygens (including phenoxy) is 4. The van der Waals surface area contributed by atoms with Gasteiger partial charge in [-0.25, -0.2) is 4.79 Å². The first kappa shape index (κ1) is 18.8. The molecule has 0 aromatic heterocycles. The van der Waals surface area contributed by atoms with Gasteiger partial charge in [0.2, 0.25) is 11.5 Å². The molecule has 1 heterocycles. The van der Waals surface area contributed by atoms with Crippen LogP contribution in [0.3, 0.4) is 0 Å². The van der Waals surface area contributed by atoms with Crippen LogP contribution in [-0.2, 0) is 4.74 Å². The van der Waals surface area contributed by atoms with Crippen LogP contribution < -0.4 is 14.2 Å². The molecule has 0 unspecified atom stereocenters. The van der Waals surface area contributed by atoms with Gasteiger partial charge in [-0.05, 0) is 50.1 Å². The van der Waals surface area contributed by atoms with Crippen molar-refractivity contribution in [1.29, 1.82) is 0 Å². The molecular weight excluding hydrogens is 348 g/mol. The van der Waals surface area contributed by atoms with Gasteiger partial charge in [0.1, 0.15) is 13.2 Å². The second kappa shape index (κ2) is 7.70. The summed E-state index contributed by atoms with van der Waals surface area (Å²) in [6.07, 6.45) is -0.918. The summed E-state index contributed by atoms with van der Waals surface area (Å²) >= 11 is 0. The van der Waals surface area contributed by atoms with E-state index in [0.29, 0.717) is 36.0 Å². The molecule has 0 N–H and O–H groups in total. The number of fused-ring (bicyclic) bond motifs is 1. The maximum atomic E-state index is 12.6. The van der Waals surface area contributed by atoms with E-state index < -0.39 is 12.1 Å². The smallest absolute Gasteiger partial charge is 0.339 e. The number of carbonyl (C=O) groups excluding carboxylic acids is 2. The van der Waals surface area contributed by atoms with E-state index in [0.717, 1.165) is 11.1 Å². The standard InChI is InChI=1S/C21H22O6/c1-12-5-6-15(9-13(12)2)19(22)14(3)27-21(23)16-10-17(24-4)20-18(11-16)25-7-8-26-20/h5-6,9-11,14H,7-8H2,1-4H3/t14-/m1/s1. The molecule has 1 aliphatic heterocycles. The Morgan fingerprint density at radius 2 is 1.74 bits per heavy atom. The van der Waals surface area contributed by atoms with Gasteiger partial charge in [-0.2, -0.15) is 0 Å². The van der Waals surface area contributed by atoms with Crippen molar-refractivity contribution < 1.29 is 28.5 Å². The normalized spacial score (nSPS) is 13.6. The molecular formula is C21H22O6. The summed E-state index contributed by atoms with van der Waals surface area (Å²) in [7, 11) is 1.48. The van der Waals surface area contributed by atoms with Crippen LogP contribution in [0.15, 0.2) is 30.3 Å². The van der Waals surface area contributed by atoms with E-state index in [1.54, 1.807) is 19.1 Å². The molecule has 0 radical (unpaired) electrons. The van der Waals surface area contributed by atoms with Crippen molar-refractivity contribution in [2.24, 2.45) is 0 Å². The lowest BCUT2D eigenvalue weighted by Gasteiger charge is -2.21. The lowest BCUT2D eigenvalue weighted by molar-refractivity contribution is 0.0317. The van der Waals surface area contributed by atoms with E-state index in [1.807, 2.05) is 19.9 Å². The van der Waals surface area contributed by atoms with Gasteiger partial charge in [0.05, 0.1) is 12.7 Å². The number of benzene rings is 2. The van der Waals surface area contributed by atoms with E-state index in [4.69, 9.17) is 18.9 Å². The molecule has 0 bridgehead atoms. The fourth-order valence-corrected chi connectivity index (χ4v) is 2.80. The average molecular weight is 370 g/mol. The predicted octanol–water partition coefficient (Wildman–Crippen LogP) is 3.51. The minimum atomic E-state index is -0.918. The highest BCUT2D eigenvalue weighted by molar-refractivity contribution is 6.01. The summed E-state index contributed by atoms with van der Waals surface area (Å²) in [5.41, 5.74) is 2.85. The molecule has 0 aliphatic carbocycles. The van der Waals surface area contributed by atoms with Crippen LogP contribution in [0.1, 0.15) is 38.8 Å². The van der Waals surface area contributed by atoms with Crippen LogP contribution in [0.2, 0.25) is 0 Å². The fraction of sp³-hybridized carbons (Fsp3) is 0.333. The zero-order valence-electron chi connectivity index (χ0n) is 15.8. The molecule has 2 aromatic carbocycles. The van der Waals surface area contributed by atoms with Crippen molar-refractivity contribution >= 4 is 11.8 Å². The molecule has 0 saturated heterocycles. The summed E-state index contributed by atoms with van der Waals surface area (Å²) in [5, 5.41) is 0. The molecule has 1 atom stereocenters. The molecule has 0 amide bonds. The number of aryl methyl sites for hydroxylation is 2. The Hall–Kier alpha value is -3.02. The highest BCUT2D eigenvalue weighted by Crippen LogP contribution is 2.40. The van der Waals surface area contributed by atoms with Gasteiger partial charge in [0.15, 0.2) is 17.6 Å². The van der Waals surface area contributed by atoms with Gasteiger partial charge in [0.25, 0.3) is 0 Å². The number of esters is 1. The van der Waals surface area contributed by atoms with Gasteiger partial charge in [-0.3, -0.25) is 4.79 Å². The van der Waals surface area contributed by atoms with Crippen molar-refractivity contribution in [2.75, 3.05) is 20.3 Å². The minimum Gasteiger partial charge on any atom is -0.493 e. The average Bonchev–Trinajstić information content (AvgIpc) is 2.68. The van der Waals surface area contributed by atoms with Crippen LogP contribution in [0.5, 0.6) is 17.2 Å². The third-order valence-corrected chi connectivity index (χ3v) is 4.51. The number of hydrogen-bond acceptors (Lipinski definition) is 6. The first-order chi connectivity index (χ1) is 12.9. The fourth-order valence-electron chi connectivity index (χ4n) is 2.80. The topological polar surface area (TPSA) is 71.1 Å². The van der Waals surface area contributed by atoms with E-state index in [9.17, 15) is 9.59 Å². The summed E-state index contributed by atoms with van der Waals surface area (Å²) in [4.78, 5) is 25.1. The van der Waals surface area contributed by atoms with Crippen LogP contribution in [0.4, 0.5) is 0 Å². The first-order valence-electron chi connectivity index (χ1n) is 8.70. The van der Waals surface area contributed by atoms with Crippen LogP contribution in [0.25, 0.3) is 0 Å². The van der Waals surface area contributed by atoms with E-state index in [1.165, 1.54) is 19.2 Å². The third kappa shape index (κ3) is 3.89. The number of rotatable bonds is 5. The third-order valence-electron chi connectivity index (χ3n) is 4.51. The Morgan fingerprint density at radius 3 is 2.44 bits per heavy atom. The molecule has 2 aromatic rings. The summed E-state index contributed by atoms with van der Waals surface area (Å²) < 4.78 is 21.7. The quantitative estimate of drug-likeness (QED) is 0.592. The van der Waals surface area contributed by atoms with E-state index in [-0.39, 0.29) is 11.3 Å². The SMILES string of the molecule is COc1cc(C(=O)O[C@H](C)C(=O)c2ccc(C)c(C)c2)cc2c1OCCO2. The van der Waals surface area contributed by atoms with Crippen molar-refractivity contribution in [1.82, 2.24) is 0 Å². The van der Waals surface area contributed by atoms with Crippen molar-refractivity contribution in [3.63, 3.8) is 0 Å². The predicted molar refractivity (Wildman–Crippen MR) is 99.1 cm³/mol. The molecule has 142 valence electrons. The summed E-state index contributed by atoms with van der Waals surface area (Å²) in [6.45, 7) is 6.27. The Kier molecular flexibility index (Phi) is 5.35. The Bertz CT molecular complexity index is 869. The zero-order chi connectivity index (χ0) is 19.6. The van der Waals surface area contributed by atoms with Crippen molar-refractivity contribution in [3.05, 3.63) is 52.6 Å². The highest BCUT2D eigenvalue weighted by atomic mass is 16.6. The molecule has 6 nitrogen and oxygen atoms in total. The summed E-state index contributed by atoms with van der Waals surface area (Å²) in [6, 6.07) is 8.47. The Balaban J connectivity index is 1.78. The van der Waals surface area contributed by atoms with Gasteiger partial charge >= 0.3 is 5.97 Å². The Morgan fingerprint density at radius 1 is 1.00 bits per heavy atom. The second-order valence-electron chi connectivity index (χ2n) is 6.41. The number of hydrogen-bond donors (Lipinski definition) is 0. The van der Waals surface area contributed by atoms with E-state index >= 15 is 0 Å². The maximum Gasteiger partial charge on any atom is 0.339 e. The number of methoxy groups -OCH3 is 1. The van der Waals surface area contributed by atoms with Gasteiger partial charge < -0.3 is 18.9 Å². The monoisotopic (exact) mass is 370 g/mol. The second-order valence-corrected chi connectivity index (χ2v) is 6.41. The van der Waals surface area contributed by atoms with Crippen LogP contribution >= 0.6 is 0 Å². The van der Waals surface area contributed by atoms with Crippen LogP contribution in [0, 0.1) is 13.8 Å². The van der Waals surface area contributed by atoms with E-state index in [2.05, 4.69) is 0 Å². The minimum absolute atomic E-state index is 0.232. The van der Waals surface area contributed by atoms with Crippen LogP contribution in [-0.4, -0.2) is 38.2 Å². The first-order valence-corrected chi connectivity index (χ1v) is 8.70. The lowest BCUT2D eigenvalue weighted by atomic mass is 10.0. The zero-order valence-corrected chi connectivity index (χ0v) is 15.8. The van der Waals surface area contributed by atoms with Gasteiger partial charge in [-0.1, -0.05) is 12.1 Å². The van der Waals surface area contributed by atoms with Gasteiger partial charge in [-0.15, -0.1) is 0 Å². The largest absolute Gasteiger partial charge is 0.493 e. The number of ketones is 1. The summed E-state index contributed by atoms with van der Waals surface area (Å²) in [5.74, 6) is 0.374. The maximum absolute atomic E-state index is 12.6. The van der Waals surface area contributed by atoms with Gasteiger partial charge in [0, 0.05) is 5.56 Å². The molecule has 27 heavy (non-hydrogen) atoms. The van der Waals surface area contributed by atoms with Crippen molar-refractivity contribution in [3.8, 4) is 17.2 Å². The Labute approximate surface area is 158 Å². The molecule has 0 spiro atoms. The molecule has 0 fully saturated rings. The highest BCUT2D eigenvalue weighted by Gasteiger charge is 2.25. The number of Topliss-reactive ketones (excluding diaryl/α,β-unsaturated/α-hetero) is 1. The molecule has 1 aliphatic rings. The molecule has 3 rings (SSSR count). The van der Waals surface area contributed by atoms with Crippen molar-refractivity contribution in [2.45, 2.75) is 26.9 Å². The number of carbonyl (C=O) groups is 2. The lowest BCUT2D eigenvalue weighted by Crippen LogP contribution is -2.25. The molecule has 0 saturated carbocycles. The molecule has 6 heteroatoms.